The predicted molar refractivity (Wildman–Crippen MR) is 61.0 cm³/mol. The number of hydrogen-bond donors (Lipinski definition) is 0. The molecule has 0 saturated carbocycles. The van der Waals surface area contributed by atoms with Crippen LogP contribution in [0.3, 0.4) is 0 Å². The molecule has 0 unspecified atom stereocenters. The Kier molecular flexibility index (Phi) is 4.23. The summed E-state index contributed by atoms with van der Waals surface area (Å²) in [4.78, 5) is 19.2. The van der Waals surface area contributed by atoms with Gasteiger partial charge in [0.2, 0.25) is 0 Å². The number of esters is 1. The standard InChI is InChI=1S/C10H13BrN2O3/c1-10(2,8(14)15-3)6-16-9-12-4-7(11)5-13-9/h4-5H,6H2,1-3H3. The van der Waals surface area contributed by atoms with Crippen molar-refractivity contribution in [1.29, 1.82) is 0 Å². The molecule has 5 nitrogen and oxygen atoms in total. The first-order valence-electron chi connectivity index (χ1n) is 4.64. The van der Waals surface area contributed by atoms with Crippen molar-refractivity contribution in [3.8, 4) is 6.01 Å². The third-order valence-electron chi connectivity index (χ3n) is 1.90. The largest absolute Gasteiger partial charge is 0.469 e. The summed E-state index contributed by atoms with van der Waals surface area (Å²) in [6.07, 6.45) is 3.15. The lowest BCUT2D eigenvalue weighted by Gasteiger charge is -2.20. The van der Waals surface area contributed by atoms with E-state index < -0.39 is 5.41 Å². The number of aromatic nitrogens is 2. The molecular formula is C10H13BrN2O3. The van der Waals surface area contributed by atoms with Crippen LogP contribution in [0, 0.1) is 5.41 Å². The van der Waals surface area contributed by atoms with Crippen molar-refractivity contribution in [2.75, 3.05) is 13.7 Å². The van der Waals surface area contributed by atoms with Gasteiger partial charge in [-0.3, -0.25) is 4.79 Å². The summed E-state index contributed by atoms with van der Waals surface area (Å²) in [5.41, 5.74) is -0.717. The van der Waals surface area contributed by atoms with Gasteiger partial charge in [0.1, 0.15) is 6.61 Å². The van der Waals surface area contributed by atoms with Crippen molar-refractivity contribution in [2.45, 2.75) is 13.8 Å². The lowest BCUT2D eigenvalue weighted by molar-refractivity contribution is -0.152. The van der Waals surface area contributed by atoms with Gasteiger partial charge in [-0.05, 0) is 29.8 Å². The smallest absolute Gasteiger partial charge is 0.316 e. The zero-order valence-corrected chi connectivity index (χ0v) is 10.9. The van der Waals surface area contributed by atoms with Gasteiger partial charge in [0.15, 0.2) is 0 Å². The first-order valence-corrected chi connectivity index (χ1v) is 5.44. The van der Waals surface area contributed by atoms with E-state index in [0.29, 0.717) is 0 Å². The second-order valence-electron chi connectivity index (χ2n) is 3.85. The molecule has 0 aliphatic carbocycles. The molecule has 1 aromatic rings. The Bertz CT molecular complexity index is 365. The molecule has 1 rings (SSSR count). The fourth-order valence-electron chi connectivity index (χ4n) is 0.955. The Morgan fingerprint density at radius 3 is 2.50 bits per heavy atom. The number of carbonyl (C=O) groups excluding carboxylic acids is 1. The van der Waals surface area contributed by atoms with Gasteiger partial charge in [0, 0.05) is 12.4 Å². The highest BCUT2D eigenvalue weighted by molar-refractivity contribution is 9.10. The molecule has 0 aliphatic rings. The van der Waals surface area contributed by atoms with E-state index in [1.165, 1.54) is 7.11 Å². The molecule has 0 spiro atoms. The van der Waals surface area contributed by atoms with Crippen molar-refractivity contribution in [1.82, 2.24) is 9.97 Å². The fourth-order valence-corrected chi connectivity index (χ4v) is 1.16. The summed E-state index contributed by atoms with van der Waals surface area (Å²) in [7, 11) is 1.35. The topological polar surface area (TPSA) is 61.3 Å². The van der Waals surface area contributed by atoms with E-state index in [4.69, 9.17) is 4.74 Å². The van der Waals surface area contributed by atoms with E-state index in [0.717, 1.165) is 4.47 Å². The summed E-state index contributed by atoms with van der Waals surface area (Å²) < 4.78 is 10.7. The molecule has 0 radical (unpaired) electrons. The van der Waals surface area contributed by atoms with Crippen LogP contribution in [0.5, 0.6) is 6.01 Å². The number of ether oxygens (including phenoxy) is 2. The summed E-state index contributed by atoms with van der Waals surface area (Å²) in [5, 5.41) is 0. The summed E-state index contributed by atoms with van der Waals surface area (Å²) in [5.74, 6) is -0.329. The molecular weight excluding hydrogens is 276 g/mol. The average Bonchev–Trinajstić information content (AvgIpc) is 2.27. The van der Waals surface area contributed by atoms with E-state index >= 15 is 0 Å². The van der Waals surface area contributed by atoms with Crippen molar-refractivity contribution < 1.29 is 14.3 Å². The van der Waals surface area contributed by atoms with Crippen LogP contribution in [0.1, 0.15) is 13.8 Å². The molecule has 0 aromatic carbocycles. The van der Waals surface area contributed by atoms with Gasteiger partial charge >= 0.3 is 12.0 Å². The van der Waals surface area contributed by atoms with Gasteiger partial charge < -0.3 is 9.47 Å². The molecule has 16 heavy (non-hydrogen) atoms. The van der Waals surface area contributed by atoms with E-state index in [2.05, 4.69) is 30.6 Å². The maximum absolute atomic E-state index is 11.4. The molecule has 88 valence electrons. The normalized spacial score (nSPS) is 11.0. The highest BCUT2D eigenvalue weighted by atomic mass is 79.9. The van der Waals surface area contributed by atoms with Crippen LogP contribution in [0.15, 0.2) is 16.9 Å². The Morgan fingerprint density at radius 2 is 2.00 bits per heavy atom. The molecule has 6 heteroatoms. The maximum atomic E-state index is 11.4. The van der Waals surface area contributed by atoms with Gasteiger partial charge in [-0.15, -0.1) is 0 Å². The van der Waals surface area contributed by atoms with Crippen molar-refractivity contribution in [3.05, 3.63) is 16.9 Å². The Morgan fingerprint density at radius 1 is 1.44 bits per heavy atom. The van der Waals surface area contributed by atoms with Crippen LogP contribution in [-0.2, 0) is 9.53 Å². The van der Waals surface area contributed by atoms with Crippen LogP contribution >= 0.6 is 15.9 Å². The van der Waals surface area contributed by atoms with Crippen molar-refractivity contribution in [2.24, 2.45) is 5.41 Å². The molecule has 0 atom stereocenters. The van der Waals surface area contributed by atoms with E-state index in [1.807, 2.05) is 0 Å². The number of nitrogens with zero attached hydrogens (tertiary/aromatic N) is 2. The zero-order valence-electron chi connectivity index (χ0n) is 9.36. The van der Waals surface area contributed by atoms with Crippen LogP contribution in [0.4, 0.5) is 0 Å². The highest BCUT2D eigenvalue weighted by Crippen LogP contribution is 2.18. The quantitative estimate of drug-likeness (QED) is 0.791. The summed E-state index contributed by atoms with van der Waals surface area (Å²) >= 11 is 3.22. The lowest BCUT2D eigenvalue weighted by atomic mass is 9.95. The number of methoxy groups -OCH3 is 1. The monoisotopic (exact) mass is 288 g/mol. The van der Waals surface area contributed by atoms with Crippen molar-refractivity contribution >= 4 is 21.9 Å². The SMILES string of the molecule is COC(=O)C(C)(C)COc1ncc(Br)cn1. The minimum atomic E-state index is -0.717. The van der Waals surface area contributed by atoms with Gasteiger partial charge in [-0.25, -0.2) is 9.97 Å². The lowest BCUT2D eigenvalue weighted by Crippen LogP contribution is -2.32. The minimum Gasteiger partial charge on any atom is -0.469 e. The molecule has 0 amide bonds. The summed E-state index contributed by atoms with van der Waals surface area (Å²) in [6, 6.07) is 0.236. The molecule has 0 aliphatic heterocycles. The first-order chi connectivity index (χ1) is 7.45. The second kappa shape index (κ2) is 5.25. The zero-order chi connectivity index (χ0) is 12.2. The van der Waals surface area contributed by atoms with E-state index in [1.54, 1.807) is 26.2 Å². The first kappa shape index (κ1) is 12.9. The molecule has 0 N–H and O–H groups in total. The highest BCUT2D eigenvalue weighted by Gasteiger charge is 2.30. The third kappa shape index (κ3) is 3.44. The predicted octanol–water partition coefficient (Wildman–Crippen LogP) is 1.82. The van der Waals surface area contributed by atoms with Gasteiger partial charge in [0.05, 0.1) is 17.0 Å². The number of hydrogen-bond acceptors (Lipinski definition) is 5. The van der Waals surface area contributed by atoms with Gasteiger partial charge in [-0.2, -0.15) is 0 Å². The van der Waals surface area contributed by atoms with E-state index in [-0.39, 0.29) is 18.6 Å². The second-order valence-corrected chi connectivity index (χ2v) is 4.76. The fraction of sp³-hybridized carbons (Fsp3) is 0.500. The van der Waals surface area contributed by atoms with Crippen LogP contribution in [0.25, 0.3) is 0 Å². The Labute approximate surface area is 102 Å². The molecule has 1 heterocycles. The van der Waals surface area contributed by atoms with Crippen LogP contribution in [-0.4, -0.2) is 29.7 Å². The van der Waals surface area contributed by atoms with Gasteiger partial charge in [0.25, 0.3) is 0 Å². The number of halogens is 1. The molecule has 0 saturated heterocycles. The number of carbonyl (C=O) groups is 1. The third-order valence-corrected chi connectivity index (χ3v) is 2.31. The minimum absolute atomic E-state index is 0.168. The molecule has 0 fully saturated rings. The summed E-state index contributed by atoms with van der Waals surface area (Å²) in [6.45, 7) is 3.64. The van der Waals surface area contributed by atoms with Gasteiger partial charge in [-0.1, -0.05) is 0 Å². The van der Waals surface area contributed by atoms with Crippen molar-refractivity contribution in [3.63, 3.8) is 0 Å². The van der Waals surface area contributed by atoms with E-state index in [9.17, 15) is 4.79 Å². The van der Waals surface area contributed by atoms with Crippen LogP contribution < -0.4 is 4.74 Å². The average molecular weight is 289 g/mol. The Hall–Kier alpha value is -1.17. The van der Waals surface area contributed by atoms with Crippen LogP contribution in [0.2, 0.25) is 0 Å². The maximum Gasteiger partial charge on any atom is 0.316 e. The molecule has 1 aromatic heterocycles. The Balaban J connectivity index is 2.57. The molecule has 0 bridgehead atoms. The number of rotatable bonds is 4.